The smallest absolute Gasteiger partial charge is 0.264 e. The Kier molecular flexibility index (Phi) is 6.55. The first-order valence-corrected chi connectivity index (χ1v) is 12.6. The maximum atomic E-state index is 14.0. The summed E-state index contributed by atoms with van der Waals surface area (Å²) in [6, 6.07) is 8.29. The highest BCUT2D eigenvalue weighted by Gasteiger charge is 2.34. The number of hydrogen-bond donors (Lipinski definition) is 2. The zero-order chi connectivity index (χ0) is 24.5. The lowest BCUT2D eigenvalue weighted by molar-refractivity contribution is -0.0311. The van der Waals surface area contributed by atoms with E-state index in [-0.39, 0.29) is 27.5 Å². The number of piperidine rings is 1. The van der Waals surface area contributed by atoms with E-state index in [1.807, 2.05) is 0 Å². The van der Waals surface area contributed by atoms with Gasteiger partial charge in [0.1, 0.15) is 15.9 Å². The van der Waals surface area contributed by atoms with E-state index >= 15 is 0 Å². The molecule has 2 aromatic carbocycles. The van der Waals surface area contributed by atoms with Crippen molar-refractivity contribution in [3.8, 4) is 0 Å². The minimum Gasteiger partial charge on any atom is -0.390 e. The number of amides is 1. The highest BCUT2D eigenvalue weighted by Crippen LogP contribution is 2.30. The van der Waals surface area contributed by atoms with Crippen LogP contribution in [0.5, 0.6) is 0 Å². The predicted octanol–water partition coefficient (Wildman–Crippen LogP) is 3.58. The molecule has 0 spiro atoms. The summed E-state index contributed by atoms with van der Waals surface area (Å²) < 4.78 is 42.3. The van der Waals surface area contributed by atoms with Gasteiger partial charge in [0, 0.05) is 36.7 Å². The molecule has 8 nitrogen and oxygen atoms in total. The molecule has 0 saturated carbocycles. The highest BCUT2D eigenvalue weighted by atomic mass is 32.2. The van der Waals surface area contributed by atoms with Gasteiger partial charge in [-0.15, -0.1) is 0 Å². The van der Waals surface area contributed by atoms with E-state index in [9.17, 15) is 22.7 Å². The summed E-state index contributed by atoms with van der Waals surface area (Å²) in [5, 5.41) is 10.7. The van der Waals surface area contributed by atoms with Gasteiger partial charge in [0.2, 0.25) is 0 Å². The first-order valence-electron chi connectivity index (χ1n) is 11.1. The fourth-order valence-electron chi connectivity index (χ4n) is 4.38. The minimum atomic E-state index is -4.08. The van der Waals surface area contributed by atoms with Crippen LogP contribution in [-0.2, 0) is 10.0 Å². The van der Waals surface area contributed by atoms with E-state index in [4.69, 9.17) is 0 Å². The van der Waals surface area contributed by atoms with Crippen LogP contribution in [0.1, 0.15) is 43.5 Å². The number of halogens is 1. The van der Waals surface area contributed by atoms with Crippen molar-refractivity contribution in [2.45, 2.75) is 43.6 Å². The van der Waals surface area contributed by atoms with Crippen LogP contribution in [0.2, 0.25) is 0 Å². The molecule has 1 aromatic heterocycles. The van der Waals surface area contributed by atoms with Gasteiger partial charge in [0.25, 0.3) is 15.9 Å². The van der Waals surface area contributed by atoms with Crippen molar-refractivity contribution in [3.63, 3.8) is 0 Å². The van der Waals surface area contributed by atoms with E-state index in [0.717, 1.165) is 12.1 Å². The maximum Gasteiger partial charge on any atom is 0.264 e. The van der Waals surface area contributed by atoms with Gasteiger partial charge in [-0.05, 0) is 61.6 Å². The number of rotatable bonds is 6. The van der Waals surface area contributed by atoms with Gasteiger partial charge >= 0.3 is 0 Å². The summed E-state index contributed by atoms with van der Waals surface area (Å²) in [5.74, 6) is -0.449. The van der Waals surface area contributed by atoms with E-state index < -0.39 is 21.4 Å². The molecule has 180 valence electrons. The van der Waals surface area contributed by atoms with Gasteiger partial charge in [-0.25, -0.2) is 17.8 Å². The summed E-state index contributed by atoms with van der Waals surface area (Å²) in [4.78, 5) is 22.2. The Morgan fingerprint density at radius 2 is 1.71 bits per heavy atom. The summed E-state index contributed by atoms with van der Waals surface area (Å²) in [5.41, 5.74) is -0.252. The summed E-state index contributed by atoms with van der Waals surface area (Å²) >= 11 is 0. The lowest BCUT2D eigenvalue weighted by Gasteiger charge is -2.39. The second-order valence-corrected chi connectivity index (χ2v) is 10.7. The van der Waals surface area contributed by atoms with Crippen LogP contribution in [0.3, 0.4) is 0 Å². The number of carbonyl (C=O) groups excluding carboxylic acids is 1. The average molecular weight is 487 g/mol. The molecule has 0 bridgehead atoms. The van der Waals surface area contributed by atoms with Crippen LogP contribution in [0.15, 0.2) is 53.7 Å². The number of carbonyl (C=O) groups is 1. The third-order valence-corrected chi connectivity index (χ3v) is 7.39. The highest BCUT2D eigenvalue weighted by molar-refractivity contribution is 7.93. The Morgan fingerprint density at radius 1 is 1.09 bits per heavy atom. The summed E-state index contributed by atoms with van der Waals surface area (Å²) in [6.45, 7) is 5.07. The number of aliphatic hydroxyl groups is 1. The van der Waals surface area contributed by atoms with E-state index in [1.165, 1.54) is 24.5 Å². The van der Waals surface area contributed by atoms with Gasteiger partial charge in [-0.2, -0.15) is 0 Å². The Morgan fingerprint density at radius 3 is 2.32 bits per heavy atom. The van der Waals surface area contributed by atoms with Crippen LogP contribution < -0.4 is 4.72 Å². The van der Waals surface area contributed by atoms with Crippen LogP contribution in [0.25, 0.3) is 11.0 Å². The first kappa shape index (κ1) is 24.0. The van der Waals surface area contributed by atoms with Crippen LogP contribution in [0.4, 0.5) is 10.1 Å². The van der Waals surface area contributed by atoms with Crippen molar-refractivity contribution < 1.29 is 22.7 Å². The normalized spacial score (nSPS) is 16.1. The first-order chi connectivity index (χ1) is 16.1. The molecule has 4 rings (SSSR count). The molecule has 1 fully saturated rings. The molecule has 10 heteroatoms. The molecular weight excluding hydrogens is 459 g/mol. The Balaban J connectivity index is 1.46. The van der Waals surface area contributed by atoms with Crippen molar-refractivity contribution in [1.82, 2.24) is 14.9 Å². The molecule has 1 saturated heterocycles. The molecule has 0 aliphatic carbocycles. The minimum absolute atomic E-state index is 0.0654. The number of anilines is 1. The molecule has 0 radical (unpaired) electrons. The fraction of sp³-hybridized carbons (Fsp3) is 0.375. The lowest BCUT2D eigenvalue weighted by atomic mass is 9.84. The molecular formula is C24H27FN4O4S. The molecule has 2 heterocycles. The second-order valence-electron chi connectivity index (χ2n) is 9.10. The van der Waals surface area contributed by atoms with Crippen molar-refractivity contribution in [2.75, 3.05) is 17.8 Å². The molecule has 0 unspecified atom stereocenters. The van der Waals surface area contributed by atoms with Crippen LogP contribution >= 0.6 is 0 Å². The molecule has 1 aliphatic rings. The molecule has 2 N–H and O–H groups in total. The molecule has 34 heavy (non-hydrogen) atoms. The number of benzene rings is 2. The molecule has 0 atom stereocenters. The number of likely N-dealkylation sites (tertiary alicyclic amines) is 1. The molecule has 1 aliphatic heterocycles. The number of sulfonamides is 1. The van der Waals surface area contributed by atoms with Gasteiger partial charge in [0.05, 0.1) is 5.60 Å². The average Bonchev–Trinajstić information content (AvgIpc) is 2.79. The standard InChI is InChI=1S/C24H27FN4O4S/c1-16(2)15-24(31)9-13-29(14-10-24)23(30)17-3-5-18(6-4-17)28-34(32,33)20-8-7-19(25)21-22(20)27-12-11-26-21/h3-8,11-12,16,28,31H,9-10,13-15H2,1-2H3. The zero-order valence-corrected chi connectivity index (χ0v) is 19.8. The van der Waals surface area contributed by atoms with E-state index in [1.54, 1.807) is 17.0 Å². The van der Waals surface area contributed by atoms with E-state index in [2.05, 4.69) is 28.5 Å². The number of nitrogens with zero attached hydrogens (tertiary/aromatic N) is 3. The molecule has 1 amide bonds. The van der Waals surface area contributed by atoms with Crippen LogP contribution in [0, 0.1) is 11.7 Å². The summed E-state index contributed by atoms with van der Waals surface area (Å²) in [7, 11) is -4.08. The second kappa shape index (κ2) is 9.27. The van der Waals surface area contributed by atoms with Crippen molar-refractivity contribution in [1.29, 1.82) is 0 Å². The van der Waals surface area contributed by atoms with Gasteiger partial charge in [0.15, 0.2) is 5.82 Å². The topological polar surface area (TPSA) is 112 Å². The van der Waals surface area contributed by atoms with Gasteiger partial charge in [-0.1, -0.05) is 13.8 Å². The quantitative estimate of drug-likeness (QED) is 0.551. The number of nitrogens with one attached hydrogen (secondary N) is 1. The van der Waals surface area contributed by atoms with Gasteiger partial charge < -0.3 is 10.0 Å². The Labute approximate surface area is 197 Å². The predicted molar refractivity (Wildman–Crippen MR) is 126 cm³/mol. The van der Waals surface area contributed by atoms with Crippen molar-refractivity contribution >= 4 is 32.7 Å². The largest absolute Gasteiger partial charge is 0.390 e. The SMILES string of the molecule is CC(C)CC1(O)CCN(C(=O)c2ccc(NS(=O)(=O)c3ccc(F)c4nccnc34)cc2)CC1. The third-order valence-electron chi connectivity index (χ3n) is 5.98. The van der Waals surface area contributed by atoms with E-state index in [0.29, 0.717) is 43.8 Å². The number of hydrogen-bond acceptors (Lipinski definition) is 6. The van der Waals surface area contributed by atoms with Crippen molar-refractivity contribution in [2.24, 2.45) is 5.92 Å². The lowest BCUT2D eigenvalue weighted by Crippen LogP contribution is -2.47. The monoisotopic (exact) mass is 486 g/mol. The van der Waals surface area contributed by atoms with Crippen molar-refractivity contribution in [3.05, 3.63) is 60.2 Å². The maximum absolute atomic E-state index is 14.0. The van der Waals surface area contributed by atoms with Gasteiger partial charge in [-0.3, -0.25) is 14.5 Å². The Bertz CT molecular complexity index is 1300. The fourth-order valence-corrected chi connectivity index (χ4v) is 5.59. The van der Waals surface area contributed by atoms with Crippen LogP contribution in [-0.4, -0.2) is 53.0 Å². The molecule has 3 aromatic rings. The third kappa shape index (κ3) is 5.02. The Hall–Kier alpha value is -3.11. The zero-order valence-electron chi connectivity index (χ0n) is 19.0. The summed E-state index contributed by atoms with van der Waals surface area (Å²) in [6.07, 6.45) is 4.36. The number of aromatic nitrogens is 2. The number of fused-ring (bicyclic) bond motifs is 1.